The molecule has 0 spiro atoms. The number of carbonyl (C=O) groups is 1. The normalized spacial score (nSPS) is 11.1. The first kappa shape index (κ1) is 16.7. The summed E-state index contributed by atoms with van der Waals surface area (Å²) in [4.78, 5) is 14.1. The maximum absolute atomic E-state index is 12.1. The summed E-state index contributed by atoms with van der Waals surface area (Å²) in [6.45, 7) is 7.45. The topological polar surface area (TPSA) is 52.6 Å². The summed E-state index contributed by atoms with van der Waals surface area (Å²) >= 11 is 0. The van der Waals surface area contributed by atoms with Crippen LogP contribution in [0.5, 0.6) is 0 Å². The number of nitrogens with zero attached hydrogens (tertiary/aromatic N) is 1. The molecule has 4 heteroatoms. The van der Waals surface area contributed by atoms with Gasteiger partial charge in [-0.25, -0.2) is 0 Å². The number of carbonyl (C=O) groups excluding carboxylic acids is 1. The van der Waals surface area contributed by atoms with Crippen LogP contribution in [0, 0.1) is 0 Å². The molecule has 1 aromatic rings. The van der Waals surface area contributed by atoms with Crippen molar-refractivity contribution in [1.29, 1.82) is 0 Å². The summed E-state index contributed by atoms with van der Waals surface area (Å²) in [6, 6.07) is 8.21. The first-order valence-electron chi connectivity index (χ1n) is 7.30. The summed E-state index contributed by atoms with van der Waals surface area (Å²) in [5.41, 5.74) is 2.06. The van der Waals surface area contributed by atoms with Gasteiger partial charge in [0.15, 0.2) is 0 Å². The zero-order valence-electron chi connectivity index (χ0n) is 12.7. The molecule has 1 rings (SSSR count). The Morgan fingerprint density at radius 2 is 2.15 bits per heavy atom. The zero-order chi connectivity index (χ0) is 15.0. The number of amides is 1. The van der Waals surface area contributed by atoms with Crippen LogP contribution in [0.1, 0.15) is 32.8 Å². The van der Waals surface area contributed by atoms with E-state index in [-0.39, 0.29) is 18.6 Å². The molecule has 0 fully saturated rings. The van der Waals surface area contributed by atoms with Crippen LogP contribution in [0.2, 0.25) is 0 Å². The average molecular weight is 278 g/mol. The van der Waals surface area contributed by atoms with Gasteiger partial charge in [-0.1, -0.05) is 19.1 Å². The molecule has 0 aromatic heterocycles. The number of benzene rings is 1. The van der Waals surface area contributed by atoms with Gasteiger partial charge in [0.1, 0.15) is 0 Å². The third-order valence-electron chi connectivity index (χ3n) is 3.30. The van der Waals surface area contributed by atoms with Gasteiger partial charge in [-0.05, 0) is 44.4 Å². The number of rotatable bonds is 8. The maximum atomic E-state index is 12.1. The summed E-state index contributed by atoms with van der Waals surface area (Å²) in [7, 11) is 0. The highest BCUT2D eigenvalue weighted by Gasteiger charge is 2.13. The van der Waals surface area contributed by atoms with Crippen LogP contribution in [-0.2, 0) is 11.2 Å². The maximum Gasteiger partial charge on any atom is 0.238 e. The molecular formula is C16H26N2O2. The highest BCUT2D eigenvalue weighted by Crippen LogP contribution is 2.11. The van der Waals surface area contributed by atoms with Crippen molar-refractivity contribution < 1.29 is 9.90 Å². The molecule has 0 unspecified atom stereocenters. The summed E-state index contributed by atoms with van der Waals surface area (Å²) in [6.07, 6.45) is 1.65. The van der Waals surface area contributed by atoms with Crippen LogP contribution in [0.3, 0.4) is 0 Å². The highest BCUT2D eigenvalue weighted by atomic mass is 16.3. The van der Waals surface area contributed by atoms with Gasteiger partial charge in [0.2, 0.25) is 5.91 Å². The monoisotopic (exact) mass is 278 g/mol. The molecule has 0 aliphatic rings. The van der Waals surface area contributed by atoms with Crippen molar-refractivity contribution in [2.75, 3.05) is 25.0 Å². The van der Waals surface area contributed by atoms with Gasteiger partial charge in [-0.3, -0.25) is 9.69 Å². The van der Waals surface area contributed by atoms with Gasteiger partial charge < -0.3 is 10.4 Å². The molecule has 0 radical (unpaired) electrons. The molecule has 0 atom stereocenters. The molecule has 0 aliphatic carbocycles. The fraction of sp³-hybridized carbons (Fsp3) is 0.562. The molecule has 2 N–H and O–H groups in total. The smallest absolute Gasteiger partial charge is 0.238 e. The molecular weight excluding hydrogens is 252 g/mol. The van der Waals surface area contributed by atoms with Gasteiger partial charge >= 0.3 is 0 Å². The predicted molar refractivity (Wildman–Crippen MR) is 82.9 cm³/mol. The van der Waals surface area contributed by atoms with Crippen LogP contribution >= 0.6 is 0 Å². The Hall–Kier alpha value is -1.39. The van der Waals surface area contributed by atoms with Crippen LogP contribution in [0.15, 0.2) is 24.3 Å². The molecule has 0 saturated heterocycles. The molecule has 0 saturated carbocycles. The van der Waals surface area contributed by atoms with Crippen LogP contribution < -0.4 is 5.32 Å². The van der Waals surface area contributed by atoms with Crippen molar-refractivity contribution in [1.82, 2.24) is 4.90 Å². The van der Waals surface area contributed by atoms with Crippen molar-refractivity contribution >= 4 is 11.6 Å². The summed E-state index contributed by atoms with van der Waals surface area (Å²) in [5.74, 6) is -0.00936. The van der Waals surface area contributed by atoms with Crippen molar-refractivity contribution in [3.8, 4) is 0 Å². The molecule has 0 aliphatic heterocycles. The molecule has 20 heavy (non-hydrogen) atoms. The summed E-state index contributed by atoms with van der Waals surface area (Å²) in [5, 5.41) is 11.8. The lowest BCUT2D eigenvalue weighted by Crippen LogP contribution is -2.39. The summed E-state index contributed by atoms with van der Waals surface area (Å²) < 4.78 is 0. The minimum absolute atomic E-state index is 0.00936. The standard InChI is InChI=1S/C16H26N2O2/c1-4-14-7-5-8-15(11-14)17-16(20)12-18(13(2)3)9-6-10-19/h5,7-8,11,13,19H,4,6,9-10,12H2,1-3H3,(H,17,20). The fourth-order valence-corrected chi connectivity index (χ4v) is 2.05. The van der Waals surface area contributed by atoms with Crippen LogP contribution in [0.4, 0.5) is 5.69 Å². The predicted octanol–water partition coefficient (Wildman–Crippen LogP) is 2.28. The Bertz CT molecular complexity index is 419. The lowest BCUT2D eigenvalue weighted by atomic mass is 10.1. The van der Waals surface area contributed by atoms with Crippen molar-refractivity contribution in [3.63, 3.8) is 0 Å². The lowest BCUT2D eigenvalue weighted by Gasteiger charge is -2.25. The third-order valence-corrected chi connectivity index (χ3v) is 3.30. The minimum Gasteiger partial charge on any atom is -0.396 e. The van der Waals surface area contributed by atoms with Crippen LogP contribution in [0.25, 0.3) is 0 Å². The second-order valence-corrected chi connectivity index (χ2v) is 5.24. The number of hydrogen-bond acceptors (Lipinski definition) is 3. The molecule has 1 amide bonds. The van der Waals surface area contributed by atoms with E-state index < -0.39 is 0 Å². The van der Waals surface area contributed by atoms with Gasteiger partial charge in [0.05, 0.1) is 6.54 Å². The Balaban J connectivity index is 2.56. The van der Waals surface area contributed by atoms with Gasteiger partial charge in [-0.2, -0.15) is 0 Å². The zero-order valence-corrected chi connectivity index (χ0v) is 12.7. The van der Waals surface area contributed by atoms with Crippen LogP contribution in [-0.4, -0.2) is 41.7 Å². The molecule has 1 aromatic carbocycles. The van der Waals surface area contributed by atoms with Gasteiger partial charge in [-0.15, -0.1) is 0 Å². The average Bonchev–Trinajstić information content (AvgIpc) is 2.43. The SMILES string of the molecule is CCc1cccc(NC(=O)CN(CCCO)C(C)C)c1. The van der Waals surface area contributed by atoms with E-state index in [1.807, 2.05) is 18.2 Å². The van der Waals surface area contributed by atoms with E-state index in [9.17, 15) is 4.79 Å². The molecule has 112 valence electrons. The Kier molecular flexibility index (Phi) is 7.26. The first-order chi connectivity index (χ1) is 9.56. The Morgan fingerprint density at radius 3 is 2.75 bits per heavy atom. The minimum atomic E-state index is -0.00936. The quantitative estimate of drug-likeness (QED) is 0.767. The largest absolute Gasteiger partial charge is 0.396 e. The molecule has 0 heterocycles. The molecule has 0 bridgehead atoms. The van der Waals surface area contributed by atoms with Crippen molar-refractivity contribution in [2.45, 2.75) is 39.7 Å². The van der Waals surface area contributed by atoms with E-state index >= 15 is 0 Å². The van der Waals surface area contributed by atoms with Gasteiger partial charge in [0, 0.05) is 24.9 Å². The van der Waals surface area contributed by atoms with Crippen molar-refractivity contribution in [2.24, 2.45) is 0 Å². The fourth-order valence-electron chi connectivity index (χ4n) is 2.05. The Morgan fingerprint density at radius 1 is 1.40 bits per heavy atom. The number of nitrogens with one attached hydrogen (secondary N) is 1. The van der Waals surface area contributed by atoms with E-state index in [2.05, 4.69) is 37.1 Å². The molecule has 4 nitrogen and oxygen atoms in total. The number of aryl methyl sites for hydroxylation is 1. The van der Waals surface area contributed by atoms with Gasteiger partial charge in [0.25, 0.3) is 0 Å². The second-order valence-electron chi connectivity index (χ2n) is 5.24. The van der Waals surface area contributed by atoms with E-state index in [0.29, 0.717) is 13.0 Å². The van der Waals surface area contributed by atoms with Crippen molar-refractivity contribution in [3.05, 3.63) is 29.8 Å². The number of aliphatic hydroxyl groups excluding tert-OH is 1. The van der Waals surface area contributed by atoms with E-state index in [1.54, 1.807) is 0 Å². The highest BCUT2D eigenvalue weighted by molar-refractivity contribution is 5.92. The van der Waals surface area contributed by atoms with E-state index in [4.69, 9.17) is 5.11 Å². The second kappa shape index (κ2) is 8.72. The number of hydrogen-bond donors (Lipinski definition) is 2. The van der Waals surface area contributed by atoms with E-state index in [0.717, 1.165) is 18.7 Å². The Labute approximate surface area is 121 Å². The third kappa shape index (κ3) is 5.72. The lowest BCUT2D eigenvalue weighted by molar-refractivity contribution is -0.117. The number of aliphatic hydroxyl groups is 1. The van der Waals surface area contributed by atoms with E-state index in [1.165, 1.54) is 5.56 Å². The number of anilines is 1. The first-order valence-corrected chi connectivity index (χ1v) is 7.30.